The van der Waals surface area contributed by atoms with E-state index >= 15 is 0 Å². The summed E-state index contributed by atoms with van der Waals surface area (Å²) in [6.07, 6.45) is 5.50. The summed E-state index contributed by atoms with van der Waals surface area (Å²) in [6.45, 7) is 11.6. The zero-order chi connectivity index (χ0) is 12.6. The van der Waals surface area contributed by atoms with Gasteiger partial charge in [-0.25, -0.2) is 0 Å². The van der Waals surface area contributed by atoms with E-state index in [2.05, 4.69) is 46.8 Å². The molecule has 2 rings (SSSR count). The van der Waals surface area contributed by atoms with Crippen molar-refractivity contribution in [3.63, 3.8) is 0 Å². The largest absolute Gasteiger partial charge is 0.0599 e. The maximum absolute atomic E-state index is 2.42. The van der Waals surface area contributed by atoms with E-state index < -0.39 is 0 Å². The quantitative estimate of drug-likeness (QED) is 0.614. The molecule has 0 heteroatoms. The predicted octanol–water partition coefficient (Wildman–Crippen LogP) is 5.30. The van der Waals surface area contributed by atoms with Gasteiger partial charge >= 0.3 is 0 Å². The van der Waals surface area contributed by atoms with Crippen LogP contribution in [0.2, 0.25) is 0 Å². The Bertz CT molecular complexity index is 379. The molecule has 1 fully saturated rings. The average molecular weight is 230 g/mol. The summed E-state index contributed by atoms with van der Waals surface area (Å²) in [6, 6.07) is 4.84. The molecule has 0 amide bonds. The minimum Gasteiger partial charge on any atom is -0.0599 e. The van der Waals surface area contributed by atoms with Crippen LogP contribution in [-0.2, 0) is 0 Å². The summed E-state index contributed by atoms with van der Waals surface area (Å²) in [5.41, 5.74) is 6.55. The van der Waals surface area contributed by atoms with Gasteiger partial charge in [-0.3, -0.25) is 0 Å². The molecule has 1 aliphatic carbocycles. The topological polar surface area (TPSA) is 0 Å². The Labute approximate surface area is 106 Å². The summed E-state index contributed by atoms with van der Waals surface area (Å²) in [5.74, 6) is 0.807. The first-order valence-electron chi connectivity index (χ1n) is 6.97. The van der Waals surface area contributed by atoms with Gasteiger partial charge in [0.25, 0.3) is 0 Å². The van der Waals surface area contributed by atoms with E-state index in [1.165, 1.54) is 42.4 Å². The monoisotopic (exact) mass is 230 g/mol. The van der Waals surface area contributed by atoms with Gasteiger partial charge in [-0.2, -0.15) is 0 Å². The van der Waals surface area contributed by atoms with Crippen LogP contribution in [0.5, 0.6) is 0 Å². The highest BCUT2D eigenvalue weighted by Crippen LogP contribution is 2.42. The molecular formula is C17H26. The van der Waals surface area contributed by atoms with E-state index in [-0.39, 0.29) is 0 Å². The fourth-order valence-electron chi connectivity index (χ4n) is 3.04. The number of benzene rings is 1. The lowest BCUT2D eigenvalue weighted by Crippen LogP contribution is -2.20. The highest BCUT2D eigenvalue weighted by Gasteiger charge is 2.27. The van der Waals surface area contributed by atoms with Crippen LogP contribution in [-0.4, -0.2) is 0 Å². The van der Waals surface area contributed by atoms with E-state index in [9.17, 15) is 0 Å². The van der Waals surface area contributed by atoms with Crippen LogP contribution < -0.4 is 0 Å². The number of rotatable bonds is 1. The molecule has 0 aliphatic heterocycles. The summed E-state index contributed by atoms with van der Waals surface area (Å²) in [4.78, 5) is 0. The normalized spacial score (nSPS) is 20.5. The van der Waals surface area contributed by atoms with Gasteiger partial charge in [0.15, 0.2) is 0 Å². The Morgan fingerprint density at radius 1 is 0.941 bits per heavy atom. The van der Waals surface area contributed by atoms with E-state index in [0.29, 0.717) is 5.41 Å². The molecule has 0 N–H and O–H groups in total. The molecule has 0 bridgehead atoms. The minimum atomic E-state index is 0.575. The predicted molar refractivity (Wildman–Crippen MR) is 75.6 cm³/mol. The van der Waals surface area contributed by atoms with Gasteiger partial charge in [0.1, 0.15) is 0 Å². The summed E-state index contributed by atoms with van der Waals surface area (Å²) >= 11 is 0. The molecule has 0 unspecified atom stereocenters. The van der Waals surface area contributed by atoms with Gasteiger partial charge in [0.2, 0.25) is 0 Å². The first-order chi connectivity index (χ1) is 7.89. The first-order valence-corrected chi connectivity index (χ1v) is 6.97. The van der Waals surface area contributed by atoms with Crippen LogP contribution in [0.25, 0.3) is 0 Å². The Morgan fingerprint density at radius 3 is 1.88 bits per heavy atom. The third kappa shape index (κ3) is 2.73. The maximum Gasteiger partial charge on any atom is -0.0161 e. The second-order valence-electron chi connectivity index (χ2n) is 6.72. The number of hydrogen-bond donors (Lipinski definition) is 0. The molecule has 0 nitrogen and oxygen atoms in total. The molecule has 17 heavy (non-hydrogen) atoms. The van der Waals surface area contributed by atoms with Crippen LogP contribution in [0.3, 0.4) is 0 Å². The van der Waals surface area contributed by atoms with Crippen molar-refractivity contribution in [3.05, 3.63) is 34.4 Å². The van der Waals surface area contributed by atoms with Gasteiger partial charge in [0, 0.05) is 0 Å². The van der Waals surface area contributed by atoms with Crippen molar-refractivity contribution < 1.29 is 0 Å². The molecule has 1 aliphatic rings. The van der Waals surface area contributed by atoms with Gasteiger partial charge in [0.05, 0.1) is 0 Å². The van der Waals surface area contributed by atoms with Crippen molar-refractivity contribution in [1.82, 2.24) is 0 Å². The van der Waals surface area contributed by atoms with Gasteiger partial charge in [-0.1, -0.05) is 26.0 Å². The lowest BCUT2D eigenvalue weighted by Gasteiger charge is -2.34. The van der Waals surface area contributed by atoms with Crippen LogP contribution in [0, 0.1) is 26.2 Å². The summed E-state index contributed by atoms with van der Waals surface area (Å²) in [5, 5.41) is 0. The molecule has 1 saturated carbocycles. The molecule has 0 aromatic heterocycles. The lowest BCUT2D eigenvalue weighted by atomic mass is 9.71. The third-order valence-corrected chi connectivity index (χ3v) is 4.76. The maximum atomic E-state index is 2.42. The molecule has 0 radical (unpaired) electrons. The van der Waals surface area contributed by atoms with Crippen molar-refractivity contribution >= 4 is 0 Å². The third-order valence-electron chi connectivity index (χ3n) is 4.76. The van der Waals surface area contributed by atoms with Gasteiger partial charge in [-0.15, -0.1) is 0 Å². The Morgan fingerprint density at radius 2 is 1.41 bits per heavy atom. The van der Waals surface area contributed by atoms with Gasteiger partial charge < -0.3 is 0 Å². The van der Waals surface area contributed by atoms with Crippen molar-refractivity contribution in [3.8, 4) is 0 Å². The van der Waals surface area contributed by atoms with Crippen molar-refractivity contribution in [2.75, 3.05) is 0 Å². The van der Waals surface area contributed by atoms with Crippen molar-refractivity contribution in [1.29, 1.82) is 0 Å². The number of hydrogen-bond acceptors (Lipinski definition) is 0. The molecule has 94 valence electrons. The Balaban J connectivity index is 2.19. The zero-order valence-corrected chi connectivity index (χ0v) is 12.1. The second-order valence-corrected chi connectivity index (χ2v) is 6.72. The SMILES string of the molecule is Cc1cc(C2CCC(C)(C)CC2)cc(C)c1C. The Hall–Kier alpha value is -0.780. The smallest absolute Gasteiger partial charge is 0.0161 e. The standard InChI is InChI=1S/C17H26/c1-12-10-16(11-13(2)14(12)3)15-6-8-17(4,5)9-7-15/h10-11,15H,6-9H2,1-5H3. The molecule has 1 aromatic rings. The van der Waals surface area contributed by atoms with Crippen LogP contribution >= 0.6 is 0 Å². The summed E-state index contributed by atoms with van der Waals surface area (Å²) in [7, 11) is 0. The highest BCUT2D eigenvalue weighted by molar-refractivity contribution is 5.38. The second kappa shape index (κ2) is 4.48. The first kappa shape index (κ1) is 12.7. The van der Waals surface area contributed by atoms with E-state index in [4.69, 9.17) is 0 Å². The van der Waals surface area contributed by atoms with Crippen molar-refractivity contribution in [2.24, 2.45) is 5.41 Å². The highest BCUT2D eigenvalue weighted by atomic mass is 14.3. The number of aryl methyl sites for hydroxylation is 2. The molecule has 1 aromatic carbocycles. The molecular weight excluding hydrogens is 204 g/mol. The Kier molecular flexibility index (Phi) is 3.34. The lowest BCUT2D eigenvalue weighted by molar-refractivity contribution is 0.224. The fraction of sp³-hybridized carbons (Fsp3) is 0.647. The zero-order valence-electron chi connectivity index (χ0n) is 12.1. The molecule has 0 atom stereocenters. The molecule has 0 heterocycles. The van der Waals surface area contributed by atoms with Gasteiger partial charge in [-0.05, 0) is 80.0 Å². The van der Waals surface area contributed by atoms with E-state index in [1.54, 1.807) is 5.56 Å². The fourth-order valence-corrected chi connectivity index (χ4v) is 3.04. The average Bonchev–Trinajstić information content (AvgIpc) is 2.25. The van der Waals surface area contributed by atoms with Crippen LogP contribution in [0.1, 0.15) is 67.7 Å². The van der Waals surface area contributed by atoms with E-state index in [1.807, 2.05) is 0 Å². The van der Waals surface area contributed by atoms with Crippen molar-refractivity contribution in [2.45, 2.75) is 66.2 Å². The molecule has 0 saturated heterocycles. The van der Waals surface area contributed by atoms with E-state index in [0.717, 1.165) is 5.92 Å². The van der Waals surface area contributed by atoms with Crippen LogP contribution in [0.15, 0.2) is 12.1 Å². The minimum absolute atomic E-state index is 0.575. The molecule has 0 spiro atoms. The summed E-state index contributed by atoms with van der Waals surface area (Å²) < 4.78 is 0. The van der Waals surface area contributed by atoms with Crippen LogP contribution in [0.4, 0.5) is 0 Å².